The fourth-order valence-corrected chi connectivity index (χ4v) is 2.61. The number of nitrogen functional groups attached to an aromatic ring is 1. The highest BCUT2D eigenvalue weighted by Crippen LogP contribution is 2.14. The Morgan fingerprint density at radius 2 is 1.73 bits per heavy atom. The van der Waals surface area contributed by atoms with E-state index in [2.05, 4.69) is 20.3 Å². The first kappa shape index (κ1) is 19.5. The third-order valence-corrected chi connectivity index (χ3v) is 4.10. The number of rotatable bonds is 11. The molecule has 0 saturated heterocycles. The van der Waals surface area contributed by atoms with Gasteiger partial charge in [0.15, 0.2) is 17.2 Å². The Morgan fingerprint density at radius 3 is 2.46 bits per heavy atom. The number of hydrogen-bond donors (Lipinski definition) is 2. The van der Waals surface area contributed by atoms with Crippen molar-refractivity contribution in [1.29, 1.82) is 0 Å². The van der Waals surface area contributed by atoms with Gasteiger partial charge in [-0.3, -0.25) is 14.4 Å². The van der Waals surface area contributed by atoms with Gasteiger partial charge in [-0.1, -0.05) is 6.42 Å². The smallest absolute Gasteiger partial charge is 0.220 e. The Morgan fingerprint density at radius 1 is 1.00 bits per heavy atom. The van der Waals surface area contributed by atoms with Crippen LogP contribution in [0.2, 0.25) is 0 Å². The van der Waals surface area contributed by atoms with Gasteiger partial charge in [0.05, 0.1) is 12.9 Å². The summed E-state index contributed by atoms with van der Waals surface area (Å²) in [5, 5.41) is 2.49. The molecule has 0 spiro atoms. The van der Waals surface area contributed by atoms with Crippen LogP contribution < -0.4 is 11.1 Å². The lowest BCUT2D eigenvalue weighted by molar-refractivity contribution is -0.125. The fourth-order valence-electron chi connectivity index (χ4n) is 2.61. The second-order valence-electron chi connectivity index (χ2n) is 6.11. The van der Waals surface area contributed by atoms with Crippen LogP contribution in [0.15, 0.2) is 12.7 Å². The predicted octanol–water partition coefficient (Wildman–Crippen LogP) is 1.02. The maximum atomic E-state index is 12.1. The lowest BCUT2D eigenvalue weighted by Crippen LogP contribution is -2.18. The largest absolute Gasteiger partial charge is 0.382 e. The van der Waals surface area contributed by atoms with E-state index >= 15 is 0 Å². The molecule has 140 valence electrons. The number of nitrogens with one attached hydrogen (secondary N) is 1. The van der Waals surface area contributed by atoms with Crippen LogP contribution in [0.4, 0.5) is 5.82 Å². The summed E-state index contributed by atoms with van der Waals surface area (Å²) in [5.74, 6) is 0.333. The van der Waals surface area contributed by atoms with Gasteiger partial charge in [0.1, 0.15) is 17.6 Å². The number of imidazole rings is 1. The molecule has 2 aromatic rings. The first-order chi connectivity index (χ1) is 12.5. The molecule has 0 radical (unpaired) electrons. The van der Waals surface area contributed by atoms with Gasteiger partial charge < -0.3 is 15.6 Å². The highest BCUT2D eigenvalue weighted by molar-refractivity contribution is 5.85. The van der Waals surface area contributed by atoms with E-state index in [-0.39, 0.29) is 36.9 Å². The van der Waals surface area contributed by atoms with Crippen molar-refractivity contribution >= 4 is 34.5 Å². The molecule has 0 aromatic carbocycles. The average molecular weight is 360 g/mol. The molecule has 1 amide bonds. The van der Waals surface area contributed by atoms with E-state index in [0.717, 1.165) is 19.3 Å². The van der Waals surface area contributed by atoms with Crippen LogP contribution in [0.1, 0.15) is 44.9 Å². The molecule has 26 heavy (non-hydrogen) atoms. The van der Waals surface area contributed by atoms with E-state index in [0.29, 0.717) is 29.8 Å². The highest BCUT2D eigenvalue weighted by atomic mass is 16.2. The molecule has 0 atom stereocenters. The number of anilines is 1. The van der Waals surface area contributed by atoms with E-state index in [4.69, 9.17) is 5.73 Å². The third-order valence-electron chi connectivity index (χ3n) is 4.10. The maximum absolute atomic E-state index is 12.1. The minimum absolute atomic E-state index is 0.0763. The topological polar surface area (TPSA) is 133 Å². The molecule has 0 saturated carbocycles. The van der Waals surface area contributed by atoms with Crippen molar-refractivity contribution in [2.75, 3.05) is 12.8 Å². The van der Waals surface area contributed by atoms with Crippen molar-refractivity contribution in [3.05, 3.63) is 12.7 Å². The number of aromatic nitrogens is 4. The zero-order valence-electron chi connectivity index (χ0n) is 14.9. The van der Waals surface area contributed by atoms with Crippen LogP contribution in [0.3, 0.4) is 0 Å². The monoisotopic (exact) mass is 360 g/mol. The Bertz CT molecular complexity index is 786. The number of ketones is 2. The van der Waals surface area contributed by atoms with Crippen LogP contribution in [-0.4, -0.2) is 44.0 Å². The molecule has 0 aliphatic carbocycles. The van der Waals surface area contributed by atoms with Gasteiger partial charge in [-0.25, -0.2) is 15.0 Å². The van der Waals surface area contributed by atoms with Gasteiger partial charge in [0, 0.05) is 32.7 Å². The predicted molar refractivity (Wildman–Crippen MR) is 96.1 cm³/mol. The summed E-state index contributed by atoms with van der Waals surface area (Å²) in [6, 6.07) is 0. The SMILES string of the molecule is CNC(=O)CCC(=O)CCCCCC(=O)Cn1cnc2c(N)ncnc21. The van der Waals surface area contributed by atoms with Crippen LogP contribution in [0.5, 0.6) is 0 Å². The highest BCUT2D eigenvalue weighted by Gasteiger charge is 2.11. The Kier molecular flexibility index (Phi) is 7.19. The molecule has 0 unspecified atom stereocenters. The normalized spacial score (nSPS) is 10.8. The minimum atomic E-state index is -0.122. The van der Waals surface area contributed by atoms with Crippen LogP contribution in [-0.2, 0) is 20.9 Å². The molecule has 2 rings (SSSR count). The first-order valence-corrected chi connectivity index (χ1v) is 8.66. The number of Topliss-reactive ketones (excluding diaryl/α,β-unsaturated/α-hetero) is 2. The third kappa shape index (κ3) is 5.61. The number of nitrogens with zero attached hydrogens (tertiary/aromatic N) is 4. The molecule has 0 aliphatic rings. The van der Waals surface area contributed by atoms with Crippen molar-refractivity contribution in [3.63, 3.8) is 0 Å². The molecule has 9 nitrogen and oxygen atoms in total. The number of hydrogen-bond acceptors (Lipinski definition) is 7. The number of fused-ring (bicyclic) bond motifs is 1. The number of nitrogens with two attached hydrogens (primary N) is 1. The zero-order chi connectivity index (χ0) is 18.9. The van der Waals surface area contributed by atoms with Gasteiger partial charge in [-0.15, -0.1) is 0 Å². The summed E-state index contributed by atoms with van der Waals surface area (Å²) in [6.45, 7) is 0.192. The number of amides is 1. The summed E-state index contributed by atoms with van der Waals surface area (Å²) in [5.41, 5.74) is 6.77. The Hall–Kier alpha value is -2.84. The molecule has 0 bridgehead atoms. The number of carbonyl (C=O) groups excluding carboxylic acids is 3. The average Bonchev–Trinajstić information content (AvgIpc) is 3.03. The lowest BCUT2D eigenvalue weighted by atomic mass is 10.1. The van der Waals surface area contributed by atoms with E-state index in [9.17, 15) is 14.4 Å². The quantitative estimate of drug-likeness (QED) is 0.572. The second kappa shape index (κ2) is 9.59. The van der Waals surface area contributed by atoms with Gasteiger partial charge >= 0.3 is 0 Å². The molecular weight excluding hydrogens is 336 g/mol. The molecule has 9 heteroatoms. The van der Waals surface area contributed by atoms with Crippen molar-refractivity contribution in [2.24, 2.45) is 0 Å². The summed E-state index contributed by atoms with van der Waals surface area (Å²) >= 11 is 0. The molecule has 2 heterocycles. The zero-order valence-corrected chi connectivity index (χ0v) is 14.9. The van der Waals surface area contributed by atoms with Gasteiger partial charge in [-0.2, -0.15) is 0 Å². The van der Waals surface area contributed by atoms with Gasteiger partial charge in [-0.05, 0) is 12.8 Å². The fraction of sp³-hybridized carbons (Fsp3) is 0.529. The second-order valence-corrected chi connectivity index (χ2v) is 6.11. The van der Waals surface area contributed by atoms with Crippen LogP contribution >= 0.6 is 0 Å². The number of carbonyl (C=O) groups is 3. The van der Waals surface area contributed by atoms with Gasteiger partial charge in [0.2, 0.25) is 5.91 Å². The first-order valence-electron chi connectivity index (χ1n) is 8.66. The lowest BCUT2D eigenvalue weighted by Gasteiger charge is -2.04. The van der Waals surface area contributed by atoms with Crippen molar-refractivity contribution < 1.29 is 14.4 Å². The van der Waals surface area contributed by atoms with Crippen molar-refractivity contribution in [1.82, 2.24) is 24.8 Å². The molecule has 2 aromatic heterocycles. The summed E-state index contributed by atoms with van der Waals surface area (Å²) in [6.07, 6.45) is 6.55. The van der Waals surface area contributed by atoms with E-state index < -0.39 is 0 Å². The van der Waals surface area contributed by atoms with Crippen molar-refractivity contribution in [3.8, 4) is 0 Å². The van der Waals surface area contributed by atoms with E-state index in [1.165, 1.54) is 6.33 Å². The molecular formula is C17H24N6O3. The van der Waals surface area contributed by atoms with E-state index in [1.54, 1.807) is 17.9 Å². The van der Waals surface area contributed by atoms with Crippen molar-refractivity contribution in [2.45, 2.75) is 51.5 Å². The number of unbranched alkanes of at least 4 members (excludes halogenated alkanes) is 2. The summed E-state index contributed by atoms with van der Waals surface area (Å²) in [7, 11) is 1.55. The minimum Gasteiger partial charge on any atom is -0.382 e. The summed E-state index contributed by atoms with van der Waals surface area (Å²) < 4.78 is 1.66. The Labute approximate surface area is 151 Å². The molecule has 3 N–H and O–H groups in total. The van der Waals surface area contributed by atoms with E-state index in [1.807, 2.05) is 0 Å². The molecule has 0 aliphatic heterocycles. The Balaban J connectivity index is 1.65. The maximum Gasteiger partial charge on any atom is 0.220 e. The van der Waals surface area contributed by atoms with Crippen LogP contribution in [0, 0.1) is 0 Å². The summed E-state index contributed by atoms with van der Waals surface area (Å²) in [4.78, 5) is 46.9. The standard InChI is InChI=1S/C17H24N6O3/c1-19-14(26)8-7-12(24)5-3-2-4-6-13(25)9-23-11-22-15-16(18)20-10-21-17(15)23/h10-11H,2-9H2,1H3,(H,19,26)(H2,18,20,21). The molecule has 0 fully saturated rings. The van der Waals surface area contributed by atoms with Crippen LogP contribution in [0.25, 0.3) is 11.2 Å². The van der Waals surface area contributed by atoms with Gasteiger partial charge in [0.25, 0.3) is 0 Å².